The lowest BCUT2D eigenvalue weighted by molar-refractivity contribution is -0.146. The molecule has 1 rings (SSSR count). The van der Waals surface area contributed by atoms with Crippen LogP contribution in [0.15, 0.2) is 12.7 Å². The van der Waals surface area contributed by atoms with Crippen molar-refractivity contribution >= 4 is 18.0 Å². The lowest BCUT2D eigenvalue weighted by atomic mass is 9.88. The summed E-state index contributed by atoms with van der Waals surface area (Å²) in [6, 6.07) is -1.48. The van der Waals surface area contributed by atoms with Crippen molar-refractivity contribution in [3.8, 4) is 0 Å². The summed E-state index contributed by atoms with van der Waals surface area (Å²) in [5.41, 5.74) is 0. The molecule has 0 aromatic rings. The summed E-state index contributed by atoms with van der Waals surface area (Å²) in [4.78, 5) is 33.1. The lowest BCUT2D eigenvalue weighted by Gasteiger charge is -2.38. The molecule has 0 aromatic carbocycles. The van der Waals surface area contributed by atoms with Gasteiger partial charge in [-0.2, -0.15) is 0 Å². The van der Waals surface area contributed by atoms with E-state index in [-0.39, 0.29) is 6.61 Å². The highest BCUT2D eigenvalue weighted by Gasteiger charge is 2.45. The number of ether oxygens (including phenoxy) is 1. The normalized spacial score (nSPS) is 23.9. The van der Waals surface area contributed by atoms with E-state index in [9.17, 15) is 14.4 Å². The van der Waals surface area contributed by atoms with Crippen LogP contribution in [0.4, 0.5) is 4.79 Å². The van der Waals surface area contributed by atoms with Gasteiger partial charge in [-0.3, -0.25) is 9.59 Å². The van der Waals surface area contributed by atoms with Crippen molar-refractivity contribution in [1.82, 2.24) is 10.6 Å². The Morgan fingerprint density at radius 2 is 2.35 bits per heavy atom. The van der Waals surface area contributed by atoms with Crippen LogP contribution in [-0.2, 0) is 14.3 Å². The standard InChI is InChI=1S/C10H14N2O5/c1-3-4-17-10(16)12-7-6(11-8(7)13)5(2)9(14)15/h3,5-7H,1,4H2,2H3,(H,11,13)(H,12,16)(H,14,15)/t5-,6?,7?/m0/s1. The van der Waals surface area contributed by atoms with Gasteiger partial charge in [0.2, 0.25) is 5.91 Å². The molecule has 1 fully saturated rings. The van der Waals surface area contributed by atoms with Gasteiger partial charge in [0.15, 0.2) is 0 Å². The molecule has 2 unspecified atom stereocenters. The summed E-state index contributed by atoms with van der Waals surface area (Å²) >= 11 is 0. The second-order valence-electron chi connectivity index (χ2n) is 3.67. The zero-order chi connectivity index (χ0) is 13.0. The molecule has 1 aliphatic rings. The van der Waals surface area contributed by atoms with Gasteiger partial charge < -0.3 is 20.5 Å². The molecule has 1 heterocycles. The van der Waals surface area contributed by atoms with E-state index >= 15 is 0 Å². The maximum Gasteiger partial charge on any atom is 0.408 e. The van der Waals surface area contributed by atoms with Crippen LogP contribution in [0, 0.1) is 5.92 Å². The first-order chi connectivity index (χ1) is 7.97. The molecule has 0 aliphatic carbocycles. The quantitative estimate of drug-likeness (QED) is 0.444. The predicted octanol–water partition coefficient (Wildman–Crippen LogP) is -0.514. The molecule has 1 saturated heterocycles. The number of β-lactam (4-membered cyclic amide) rings is 1. The Morgan fingerprint density at radius 3 is 2.82 bits per heavy atom. The number of aliphatic carboxylic acids is 1. The molecule has 2 amide bonds. The number of carbonyl (C=O) groups is 3. The highest BCUT2D eigenvalue weighted by Crippen LogP contribution is 2.16. The first kappa shape index (κ1) is 13.0. The van der Waals surface area contributed by atoms with Gasteiger partial charge >= 0.3 is 12.1 Å². The number of carbonyl (C=O) groups excluding carboxylic acids is 2. The zero-order valence-corrected chi connectivity index (χ0v) is 9.30. The minimum atomic E-state index is -1.04. The topological polar surface area (TPSA) is 105 Å². The van der Waals surface area contributed by atoms with E-state index in [1.807, 2.05) is 0 Å². The lowest BCUT2D eigenvalue weighted by Crippen LogP contribution is -2.71. The molecule has 0 radical (unpaired) electrons. The third kappa shape index (κ3) is 2.96. The number of carboxylic acids is 1. The zero-order valence-electron chi connectivity index (χ0n) is 9.30. The summed E-state index contributed by atoms with van der Waals surface area (Å²) in [7, 11) is 0. The Labute approximate surface area is 97.8 Å². The van der Waals surface area contributed by atoms with Crippen LogP contribution in [0.3, 0.4) is 0 Å². The van der Waals surface area contributed by atoms with Crippen LogP contribution in [-0.4, -0.2) is 41.8 Å². The van der Waals surface area contributed by atoms with Gasteiger partial charge in [0, 0.05) is 0 Å². The largest absolute Gasteiger partial charge is 0.481 e. The highest BCUT2D eigenvalue weighted by atomic mass is 16.5. The number of alkyl carbamates (subject to hydrolysis) is 1. The average Bonchev–Trinajstić information content (AvgIpc) is 2.29. The Kier molecular flexibility index (Phi) is 4.08. The second-order valence-corrected chi connectivity index (χ2v) is 3.67. The van der Waals surface area contributed by atoms with Gasteiger partial charge in [-0.05, 0) is 6.92 Å². The summed E-state index contributed by atoms with van der Waals surface area (Å²) < 4.78 is 4.64. The van der Waals surface area contributed by atoms with Crippen molar-refractivity contribution in [3.05, 3.63) is 12.7 Å². The van der Waals surface area contributed by atoms with E-state index in [2.05, 4.69) is 21.9 Å². The Balaban J connectivity index is 2.51. The molecule has 94 valence electrons. The fraction of sp³-hybridized carbons (Fsp3) is 0.500. The third-order valence-corrected chi connectivity index (χ3v) is 2.48. The number of carboxylic acid groups (broad SMARTS) is 1. The molecule has 0 aromatic heterocycles. The number of hydrogen-bond acceptors (Lipinski definition) is 4. The molecule has 7 nitrogen and oxygen atoms in total. The minimum absolute atomic E-state index is 0.0271. The molecular weight excluding hydrogens is 228 g/mol. The maximum absolute atomic E-state index is 11.2. The first-order valence-corrected chi connectivity index (χ1v) is 5.04. The number of nitrogens with one attached hydrogen (secondary N) is 2. The van der Waals surface area contributed by atoms with E-state index in [0.717, 1.165) is 0 Å². The average molecular weight is 242 g/mol. The van der Waals surface area contributed by atoms with Crippen LogP contribution < -0.4 is 10.6 Å². The van der Waals surface area contributed by atoms with Crippen molar-refractivity contribution in [2.45, 2.75) is 19.0 Å². The molecule has 3 N–H and O–H groups in total. The van der Waals surface area contributed by atoms with Gasteiger partial charge in [0.1, 0.15) is 12.6 Å². The Bertz CT molecular complexity index is 355. The van der Waals surface area contributed by atoms with Crippen molar-refractivity contribution in [3.63, 3.8) is 0 Å². The van der Waals surface area contributed by atoms with E-state index in [1.165, 1.54) is 13.0 Å². The SMILES string of the molecule is C=CCOC(=O)NC1C(=O)NC1[C@H](C)C(=O)O. The Morgan fingerprint density at radius 1 is 1.71 bits per heavy atom. The van der Waals surface area contributed by atoms with E-state index < -0.39 is 36.0 Å². The second kappa shape index (κ2) is 5.33. The monoisotopic (exact) mass is 242 g/mol. The van der Waals surface area contributed by atoms with Crippen LogP contribution in [0.5, 0.6) is 0 Å². The van der Waals surface area contributed by atoms with Crippen LogP contribution in [0.1, 0.15) is 6.92 Å². The summed E-state index contributed by atoms with van der Waals surface area (Å²) in [6.07, 6.45) is 0.616. The number of hydrogen-bond donors (Lipinski definition) is 3. The van der Waals surface area contributed by atoms with Gasteiger partial charge in [-0.1, -0.05) is 12.7 Å². The first-order valence-electron chi connectivity index (χ1n) is 5.04. The molecule has 7 heteroatoms. The summed E-state index contributed by atoms with van der Waals surface area (Å²) in [5.74, 6) is -2.24. The highest BCUT2D eigenvalue weighted by molar-refractivity contribution is 5.93. The van der Waals surface area contributed by atoms with Gasteiger partial charge in [0.25, 0.3) is 0 Å². The van der Waals surface area contributed by atoms with E-state index in [1.54, 1.807) is 0 Å². The van der Waals surface area contributed by atoms with Crippen LogP contribution in [0.2, 0.25) is 0 Å². The fourth-order valence-electron chi connectivity index (χ4n) is 1.43. The van der Waals surface area contributed by atoms with Crippen molar-refractivity contribution < 1.29 is 24.2 Å². The van der Waals surface area contributed by atoms with Gasteiger partial charge in [-0.25, -0.2) is 4.79 Å². The minimum Gasteiger partial charge on any atom is -0.481 e. The van der Waals surface area contributed by atoms with E-state index in [4.69, 9.17) is 5.11 Å². The third-order valence-electron chi connectivity index (χ3n) is 2.48. The summed E-state index contributed by atoms with van der Waals surface area (Å²) in [5, 5.41) is 13.5. The van der Waals surface area contributed by atoms with Gasteiger partial charge in [-0.15, -0.1) is 0 Å². The molecule has 1 aliphatic heterocycles. The molecule has 17 heavy (non-hydrogen) atoms. The molecule has 0 bridgehead atoms. The van der Waals surface area contributed by atoms with Crippen LogP contribution >= 0.6 is 0 Å². The molecular formula is C10H14N2O5. The number of amides is 2. The molecule has 0 saturated carbocycles. The number of rotatable bonds is 5. The molecule has 3 atom stereocenters. The predicted molar refractivity (Wildman–Crippen MR) is 57.2 cm³/mol. The van der Waals surface area contributed by atoms with Gasteiger partial charge in [0.05, 0.1) is 12.0 Å². The van der Waals surface area contributed by atoms with Crippen LogP contribution in [0.25, 0.3) is 0 Å². The Hall–Kier alpha value is -2.05. The molecule has 0 spiro atoms. The summed E-state index contributed by atoms with van der Waals surface area (Å²) in [6.45, 7) is 4.85. The fourth-order valence-corrected chi connectivity index (χ4v) is 1.43. The van der Waals surface area contributed by atoms with Crippen molar-refractivity contribution in [1.29, 1.82) is 0 Å². The van der Waals surface area contributed by atoms with Crippen molar-refractivity contribution in [2.75, 3.05) is 6.61 Å². The van der Waals surface area contributed by atoms with Crippen molar-refractivity contribution in [2.24, 2.45) is 5.92 Å². The van der Waals surface area contributed by atoms with E-state index in [0.29, 0.717) is 0 Å². The maximum atomic E-state index is 11.2. The smallest absolute Gasteiger partial charge is 0.408 e.